The van der Waals surface area contributed by atoms with Crippen LogP contribution in [0.3, 0.4) is 0 Å². The van der Waals surface area contributed by atoms with E-state index in [-0.39, 0.29) is 6.29 Å². The molecule has 0 rings (SSSR count). The molecule has 0 fully saturated rings. The van der Waals surface area contributed by atoms with Gasteiger partial charge in [-0.3, -0.25) is 0 Å². The van der Waals surface area contributed by atoms with Gasteiger partial charge in [-0.25, -0.2) is 0 Å². The zero-order valence-electron chi connectivity index (χ0n) is 6.09. The molecule has 0 aliphatic carbocycles. The SMILES string of the molecule is CCOC(C)OCCN. The summed E-state index contributed by atoms with van der Waals surface area (Å²) >= 11 is 0. The Kier molecular flexibility index (Phi) is 5.93. The van der Waals surface area contributed by atoms with Gasteiger partial charge in [-0.05, 0) is 13.8 Å². The molecule has 0 aliphatic rings. The lowest BCUT2D eigenvalue weighted by Gasteiger charge is -2.10. The van der Waals surface area contributed by atoms with Crippen LogP contribution in [0.2, 0.25) is 0 Å². The van der Waals surface area contributed by atoms with Gasteiger partial charge in [0.1, 0.15) is 0 Å². The van der Waals surface area contributed by atoms with E-state index in [1.807, 2.05) is 13.8 Å². The highest BCUT2D eigenvalue weighted by atomic mass is 16.7. The van der Waals surface area contributed by atoms with Crippen molar-refractivity contribution in [3.8, 4) is 0 Å². The first-order chi connectivity index (χ1) is 4.31. The van der Waals surface area contributed by atoms with Crippen molar-refractivity contribution in [2.24, 2.45) is 5.73 Å². The molecule has 0 radical (unpaired) electrons. The van der Waals surface area contributed by atoms with E-state index in [9.17, 15) is 0 Å². The smallest absolute Gasteiger partial charge is 0.154 e. The number of ether oxygens (including phenoxy) is 2. The van der Waals surface area contributed by atoms with E-state index in [0.717, 1.165) is 0 Å². The number of hydrogen-bond donors (Lipinski definition) is 1. The molecule has 1 unspecified atom stereocenters. The predicted molar refractivity (Wildman–Crippen MR) is 36.1 cm³/mol. The predicted octanol–water partition coefficient (Wildman–Crippen LogP) is 0.344. The Hall–Kier alpha value is -0.120. The summed E-state index contributed by atoms with van der Waals surface area (Å²) in [4.78, 5) is 0. The van der Waals surface area contributed by atoms with Crippen molar-refractivity contribution in [2.45, 2.75) is 20.1 Å². The maximum absolute atomic E-state index is 5.19. The fraction of sp³-hybridized carbons (Fsp3) is 1.00. The molecule has 0 aromatic rings. The van der Waals surface area contributed by atoms with Crippen molar-refractivity contribution >= 4 is 0 Å². The summed E-state index contributed by atoms with van der Waals surface area (Å²) in [6.07, 6.45) is -0.112. The van der Waals surface area contributed by atoms with Crippen LogP contribution >= 0.6 is 0 Å². The van der Waals surface area contributed by atoms with Crippen LogP contribution < -0.4 is 5.73 Å². The topological polar surface area (TPSA) is 44.5 Å². The van der Waals surface area contributed by atoms with Gasteiger partial charge in [0.25, 0.3) is 0 Å². The first-order valence-electron chi connectivity index (χ1n) is 3.24. The molecule has 0 heterocycles. The maximum Gasteiger partial charge on any atom is 0.154 e. The van der Waals surface area contributed by atoms with Crippen LogP contribution in [0, 0.1) is 0 Å². The van der Waals surface area contributed by atoms with Gasteiger partial charge in [0, 0.05) is 13.2 Å². The Morgan fingerprint density at radius 3 is 2.56 bits per heavy atom. The maximum atomic E-state index is 5.19. The standard InChI is InChI=1S/C6H15NO2/c1-3-8-6(2)9-5-4-7/h6H,3-5,7H2,1-2H3. The third-order valence-corrected chi connectivity index (χ3v) is 0.872. The quantitative estimate of drug-likeness (QED) is 0.550. The van der Waals surface area contributed by atoms with Gasteiger partial charge in [-0.2, -0.15) is 0 Å². The van der Waals surface area contributed by atoms with Crippen LogP contribution in [0.25, 0.3) is 0 Å². The van der Waals surface area contributed by atoms with Crippen LogP contribution in [0.4, 0.5) is 0 Å². The summed E-state index contributed by atoms with van der Waals surface area (Å²) < 4.78 is 10.2. The average Bonchev–Trinajstić information content (AvgIpc) is 1.85. The molecule has 3 nitrogen and oxygen atoms in total. The Morgan fingerprint density at radius 1 is 1.44 bits per heavy atom. The lowest BCUT2D eigenvalue weighted by atomic mass is 10.7. The van der Waals surface area contributed by atoms with Crippen LogP contribution in [-0.2, 0) is 9.47 Å². The van der Waals surface area contributed by atoms with Crippen molar-refractivity contribution in [3.63, 3.8) is 0 Å². The monoisotopic (exact) mass is 133 g/mol. The third kappa shape index (κ3) is 5.76. The summed E-state index contributed by atoms with van der Waals surface area (Å²) in [5, 5.41) is 0. The molecule has 0 saturated heterocycles. The Morgan fingerprint density at radius 2 is 2.11 bits per heavy atom. The second-order valence-corrected chi connectivity index (χ2v) is 1.68. The van der Waals surface area contributed by atoms with Gasteiger partial charge in [-0.1, -0.05) is 0 Å². The highest BCUT2D eigenvalue weighted by Crippen LogP contribution is 1.90. The molecular formula is C6H15NO2. The third-order valence-electron chi connectivity index (χ3n) is 0.872. The Bertz CT molecular complexity index is 59.0. The van der Waals surface area contributed by atoms with E-state index in [1.54, 1.807) is 0 Å². The van der Waals surface area contributed by atoms with E-state index in [1.165, 1.54) is 0 Å². The zero-order valence-corrected chi connectivity index (χ0v) is 6.09. The van der Waals surface area contributed by atoms with Gasteiger partial charge in [0.2, 0.25) is 0 Å². The second-order valence-electron chi connectivity index (χ2n) is 1.68. The highest BCUT2D eigenvalue weighted by molar-refractivity contribution is 4.33. The van der Waals surface area contributed by atoms with Gasteiger partial charge in [-0.15, -0.1) is 0 Å². The largest absolute Gasteiger partial charge is 0.353 e. The zero-order chi connectivity index (χ0) is 7.11. The first kappa shape index (κ1) is 8.88. The van der Waals surface area contributed by atoms with Crippen molar-refractivity contribution < 1.29 is 9.47 Å². The number of rotatable bonds is 5. The Balaban J connectivity index is 2.95. The van der Waals surface area contributed by atoms with Crippen molar-refractivity contribution in [1.82, 2.24) is 0 Å². The molecule has 3 heteroatoms. The van der Waals surface area contributed by atoms with E-state index >= 15 is 0 Å². The minimum Gasteiger partial charge on any atom is -0.353 e. The van der Waals surface area contributed by atoms with E-state index in [2.05, 4.69) is 0 Å². The summed E-state index contributed by atoms with van der Waals surface area (Å²) in [6.45, 7) is 5.60. The van der Waals surface area contributed by atoms with E-state index in [4.69, 9.17) is 15.2 Å². The molecular weight excluding hydrogens is 118 g/mol. The molecule has 0 saturated carbocycles. The van der Waals surface area contributed by atoms with Crippen LogP contribution in [0.5, 0.6) is 0 Å². The first-order valence-corrected chi connectivity index (χ1v) is 3.24. The van der Waals surface area contributed by atoms with Gasteiger partial charge in [0.15, 0.2) is 6.29 Å². The highest BCUT2D eigenvalue weighted by Gasteiger charge is 1.96. The molecule has 2 N–H and O–H groups in total. The van der Waals surface area contributed by atoms with E-state index in [0.29, 0.717) is 19.8 Å². The number of nitrogens with two attached hydrogens (primary N) is 1. The van der Waals surface area contributed by atoms with Gasteiger partial charge < -0.3 is 15.2 Å². The fourth-order valence-corrected chi connectivity index (χ4v) is 0.517. The molecule has 1 atom stereocenters. The minimum atomic E-state index is -0.112. The van der Waals surface area contributed by atoms with Gasteiger partial charge >= 0.3 is 0 Å². The van der Waals surface area contributed by atoms with Crippen LogP contribution in [0.15, 0.2) is 0 Å². The molecule has 0 amide bonds. The van der Waals surface area contributed by atoms with Crippen LogP contribution in [0.1, 0.15) is 13.8 Å². The van der Waals surface area contributed by atoms with Crippen LogP contribution in [-0.4, -0.2) is 26.0 Å². The minimum absolute atomic E-state index is 0.112. The Labute approximate surface area is 56.1 Å². The number of hydrogen-bond acceptors (Lipinski definition) is 3. The van der Waals surface area contributed by atoms with Crippen molar-refractivity contribution in [2.75, 3.05) is 19.8 Å². The van der Waals surface area contributed by atoms with E-state index < -0.39 is 0 Å². The summed E-state index contributed by atoms with van der Waals surface area (Å²) in [5.41, 5.74) is 5.19. The average molecular weight is 133 g/mol. The van der Waals surface area contributed by atoms with Gasteiger partial charge in [0.05, 0.1) is 6.61 Å². The molecule has 0 spiro atoms. The molecule has 0 aliphatic heterocycles. The molecule has 0 aromatic carbocycles. The lowest BCUT2D eigenvalue weighted by molar-refractivity contribution is -0.124. The summed E-state index contributed by atoms with van der Waals surface area (Å²) in [6, 6.07) is 0. The normalized spacial score (nSPS) is 13.7. The molecule has 0 aromatic heterocycles. The van der Waals surface area contributed by atoms with Crippen molar-refractivity contribution in [3.05, 3.63) is 0 Å². The summed E-state index contributed by atoms with van der Waals surface area (Å²) in [5.74, 6) is 0. The summed E-state index contributed by atoms with van der Waals surface area (Å²) in [7, 11) is 0. The van der Waals surface area contributed by atoms with Crippen molar-refractivity contribution in [1.29, 1.82) is 0 Å². The molecule has 56 valence electrons. The second kappa shape index (κ2) is 6.01. The molecule has 9 heavy (non-hydrogen) atoms. The molecule has 0 bridgehead atoms. The lowest BCUT2D eigenvalue weighted by Crippen LogP contribution is -2.17. The fourth-order valence-electron chi connectivity index (χ4n) is 0.517.